The molecule has 0 spiro atoms. The van der Waals surface area contributed by atoms with Gasteiger partial charge in [0, 0.05) is 11.1 Å². The van der Waals surface area contributed by atoms with Gasteiger partial charge >= 0.3 is 0 Å². The van der Waals surface area contributed by atoms with Crippen molar-refractivity contribution in [1.29, 1.82) is 0 Å². The monoisotopic (exact) mass is 350 g/mol. The van der Waals surface area contributed by atoms with Crippen LogP contribution in [0.3, 0.4) is 0 Å². The molecule has 3 aromatic carbocycles. The predicted molar refractivity (Wildman–Crippen MR) is 107 cm³/mol. The third kappa shape index (κ3) is 2.87. The minimum Gasteiger partial charge on any atom is -0.464 e. The smallest absolute Gasteiger partial charge is 0.180 e. The molecule has 2 heterocycles. The third-order valence-corrected chi connectivity index (χ3v) is 4.46. The highest BCUT2D eigenvalue weighted by Crippen LogP contribution is 2.39. The molecule has 5 rings (SSSR count). The fourth-order valence-electron chi connectivity index (χ4n) is 3.14. The Hall–Kier alpha value is -3.79. The van der Waals surface area contributed by atoms with E-state index >= 15 is 0 Å². The predicted octanol–water partition coefficient (Wildman–Crippen LogP) is 5.70. The van der Waals surface area contributed by atoms with Gasteiger partial charge in [-0.15, -0.1) is 5.43 Å². The van der Waals surface area contributed by atoms with Crippen molar-refractivity contribution in [3.8, 4) is 11.3 Å². The minimum absolute atomic E-state index is 0.692. The van der Waals surface area contributed by atoms with Gasteiger partial charge in [0.05, 0.1) is 23.3 Å². The average molecular weight is 350 g/mol. The summed E-state index contributed by atoms with van der Waals surface area (Å²) in [7, 11) is 0. The van der Waals surface area contributed by atoms with Crippen LogP contribution in [0.2, 0.25) is 0 Å². The van der Waals surface area contributed by atoms with Crippen molar-refractivity contribution < 1.29 is 4.42 Å². The van der Waals surface area contributed by atoms with Crippen LogP contribution in [0.25, 0.3) is 11.3 Å². The molecule has 0 amide bonds. The van der Waals surface area contributed by atoms with Crippen LogP contribution in [-0.2, 0) is 0 Å². The largest absolute Gasteiger partial charge is 0.464 e. The van der Waals surface area contributed by atoms with E-state index in [-0.39, 0.29) is 0 Å². The molecule has 0 N–H and O–H groups in total. The first kappa shape index (κ1) is 15.5. The molecule has 4 nitrogen and oxygen atoms in total. The number of benzene rings is 3. The van der Waals surface area contributed by atoms with Crippen molar-refractivity contribution in [2.75, 3.05) is 5.01 Å². The molecule has 1 aromatic heterocycles. The van der Waals surface area contributed by atoms with Crippen LogP contribution in [0.15, 0.2) is 107 Å². The van der Waals surface area contributed by atoms with E-state index in [1.165, 1.54) is 0 Å². The fraction of sp³-hybridized carbons (Fsp3) is 0. The number of furan rings is 1. The molecule has 1 aliphatic heterocycles. The Morgan fingerprint density at radius 2 is 1.48 bits per heavy atom. The standard InChI is InChI=1S/C23H16N3O/c1-3-8-17(9-4-1)23-24-20-14-13-18(22-12-7-15-27-22)16-21(20)26(25-23)19-10-5-2-6-11-19/h1-16H. The van der Waals surface area contributed by atoms with Crippen molar-refractivity contribution >= 4 is 22.9 Å². The minimum atomic E-state index is 0.692. The summed E-state index contributed by atoms with van der Waals surface area (Å²) in [6.07, 6.45) is 1.68. The highest BCUT2D eigenvalue weighted by molar-refractivity contribution is 6.05. The van der Waals surface area contributed by atoms with Gasteiger partial charge in [0.25, 0.3) is 0 Å². The van der Waals surface area contributed by atoms with Crippen LogP contribution in [-0.4, -0.2) is 5.84 Å². The summed E-state index contributed by atoms with van der Waals surface area (Å²) >= 11 is 0. The van der Waals surface area contributed by atoms with Gasteiger partial charge in [0.15, 0.2) is 5.84 Å². The molecule has 0 saturated heterocycles. The second-order valence-corrected chi connectivity index (χ2v) is 6.23. The van der Waals surface area contributed by atoms with E-state index in [0.717, 1.165) is 33.9 Å². The van der Waals surface area contributed by atoms with Crippen LogP contribution in [0.4, 0.5) is 17.1 Å². The van der Waals surface area contributed by atoms with E-state index < -0.39 is 0 Å². The van der Waals surface area contributed by atoms with Gasteiger partial charge in [-0.3, -0.25) is 0 Å². The molecule has 129 valence electrons. The van der Waals surface area contributed by atoms with Crippen LogP contribution >= 0.6 is 0 Å². The summed E-state index contributed by atoms with van der Waals surface area (Å²) in [4.78, 5) is 4.79. The number of aliphatic imine (C=N–C) groups is 1. The fourth-order valence-corrected chi connectivity index (χ4v) is 3.14. The van der Waals surface area contributed by atoms with Crippen molar-refractivity contribution in [2.24, 2.45) is 4.99 Å². The number of rotatable bonds is 3. The number of anilines is 2. The summed E-state index contributed by atoms with van der Waals surface area (Å²) in [5.41, 5.74) is 9.61. The summed E-state index contributed by atoms with van der Waals surface area (Å²) in [6, 6.07) is 30.1. The van der Waals surface area contributed by atoms with E-state index in [1.54, 1.807) is 6.26 Å². The third-order valence-electron chi connectivity index (χ3n) is 4.46. The number of para-hydroxylation sites is 1. The molecule has 1 aliphatic rings. The zero-order valence-corrected chi connectivity index (χ0v) is 14.5. The first-order chi connectivity index (χ1) is 13.4. The van der Waals surface area contributed by atoms with E-state index in [0.29, 0.717) is 5.84 Å². The Kier molecular flexibility index (Phi) is 3.72. The Morgan fingerprint density at radius 1 is 0.704 bits per heavy atom. The maximum absolute atomic E-state index is 5.56. The Bertz CT molecular complexity index is 1090. The molecular weight excluding hydrogens is 334 g/mol. The number of hydrogen-bond donors (Lipinski definition) is 0. The van der Waals surface area contributed by atoms with Crippen molar-refractivity contribution in [2.45, 2.75) is 0 Å². The second kappa shape index (κ2) is 6.50. The van der Waals surface area contributed by atoms with E-state index in [1.807, 2.05) is 89.9 Å². The molecule has 4 heteroatoms. The molecule has 0 unspecified atom stereocenters. The molecule has 0 bridgehead atoms. The second-order valence-electron chi connectivity index (χ2n) is 6.23. The quantitative estimate of drug-likeness (QED) is 0.476. The Morgan fingerprint density at radius 3 is 2.22 bits per heavy atom. The number of hydrogen-bond acceptors (Lipinski definition) is 3. The lowest BCUT2D eigenvalue weighted by Crippen LogP contribution is -2.35. The topological polar surface area (TPSA) is 42.8 Å². The van der Waals surface area contributed by atoms with Gasteiger partial charge in [-0.25, -0.2) is 10.0 Å². The van der Waals surface area contributed by atoms with Gasteiger partial charge in [-0.05, 0) is 42.5 Å². The van der Waals surface area contributed by atoms with Gasteiger partial charge in [-0.1, -0.05) is 48.5 Å². The van der Waals surface area contributed by atoms with Gasteiger partial charge in [-0.2, -0.15) is 0 Å². The first-order valence-electron chi connectivity index (χ1n) is 8.77. The molecule has 27 heavy (non-hydrogen) atoms. The lowest BCUT2D eigenvalue weighted by atomic mass is 10.1. The van der Waals surface area contributed by atoms with E-state index in [2.05, 4.69) is 6.07 Å². The summed E-state index contributed by atoms with van der Waals surface area (Å²) in [5, 5.41) is 1.94. The Labute approximate surface area is 157 Å². The molecule has 4 aromatic rings. The lowest BCUT2D eigenvalue weighted by Gasteiger charge is -2.29. The normalized spacial score (nSPS) is 12.9. The molecular formula is C23H16N3O. The molecule has 0 fully saturated rings. The Balaban J connectivity index is 1.66. The molecule has 1 radical (unpaired) electrons. The number of amidine groups is 1. The molecule has 0 aliphatic carbocycles. The SMILES string of the molecule is c1ccc(C2=Nc3ccc(-c4ccco4)cc3N(c3ccccc3)[N]2)cc1. The maximum atomic E-state index is 5.56. The van der Waals surface area contributed by atoms with Crippen molar-refractivity contribution in [3.63, 3.8) is 0 Å². The summed E-state index contributed by atoms with van der Waals surface area (Å²) in [6.45, 7) is 0. The highest BCUT2D eigenvalue weighted by atomic mass is 16.3. The van der Waals surface area contributed by atoms with Crippen LogP contribution < -0.4 is 10.4 Å². The highest BCUT2D eigenvalue weighted by Gasteiger charge is 2.24. The van der Waals surface area contributed by atoms with E-state index in [4.69, 9.17) is 14.8 Å². The summed E-state index contributed by atoms with van der Waals surface area (Å²) < 4.78 is 5.56. The van der Waals surface area contributed by atoms with Gasteiger partial charge < -0.3 is 4.42 Å². The van der Waals surface area contributed by atoms with Gasteiger partial charge in [0.2, 0.25) is 0 Å². The van der Waals surface area contributed by atoms with E-state index in [9.17, 15) is 0 Å². The lowest BCUT2D eigenvalue weighted by molar-refractivity contribution is 0.582. The molecule has 0 saturated carbocycles. The zero-order chi connectivity index (χ0) is 18.1. The summed E-state index contributed by atoms with van der Waals surface area (Å²) in [5.74, 6) is 1.52. The van der Waals surface area contributed by atoms with Gasteiger partial charge in [0.1, 0.15) is 5.76 Å². The first-order valence-corrected chi connectivity index (χ1v) is 8.77. The zero-order valence-electron chi connectivity index (χ0n) is 14.5. The molecule has 0 atom stereocenters. The van der Waals surface area contributed by atoms with Crippen molar-refractivity contribution in [1.82, 2.24) is 5.43 Å². The number of nitrogens with zero attached hydrogens (tertiary/aromatic N) is 3. The van der Waals surface area contributed by atoms with Crippen LogP contribution in [0, 0.1) is 0 Å². The average Bonchev–Trinajstić information content (AvgIpc) is 3.29. The number of fused-ring (bicyclic) bond motifs is 1. The van der Waals surface area contributed by atoms with Crippen LogP contribution in [0.1, 0.15) is 5.56 Å². The van der Waals surface area contributed by atoms with Crippen molar-refractivity contribution in [3.05, 3.63) is 103 Å². The maximum Gasteiger partial charge on any atom is 0.180 e. The van der Waals surface area contributed by atoms with Crippen LogP contribution in [0.5, 0.6) is 0 Å².